The van der Waals surface area contributed by atoms with Gasteiger partial charge in [-0.25, -0.2) is 0 Å². The van der Waals surface area contributed by atoms with Gasteiger partial charge in [0.2, 0.25) is 0 Å². The lowest BCUT2D eigenvalue weighted by atomic mass is 9.89. The SMILES string of the molecule is CC(C)/C=C/c1ccc(CC(C)(C)C)cn1. The molecule has 0 aromatic carbocycles. The summed E-state index contributed by atoms with van der Waals surface area (Å²) >= 11 is 0. The number of allylic oxidation sites excluding steroid dienone is 1. The van der Waals surface area contributed by atoms with Crippen molar-refractivity contribution < 1.29 is 0 Å². The van der Waals surface area contributed by atoms with Crippen LogP contribution in [0.15, 0.2) is 24.4 Å². The van der Waals surface area contributed by atoms with Gasteiger partial charge in [-0.05, 0) is 35.5 Å². The second-order valence-corrected chi connectivity index (χ2v) is 5.93. The first-order chi connectivity index (χ1) is 7.37. The number of rotatable bonds is 3. The smallest absolute Gasteiger partial charge is 0.0626 e. The number of hydrogen-bond acceptors (Lipinski definition) is 1. The van der Waals surface area contributed by atoms with Crippen molar-refractivity contribution in [3.63, 3.8) is 0 Å². The molecule has 0 bridgehead atoms. The molecule has 0 aliphatic carbocycles. The minimum Gasteiger partial charge on any atom is -0.257 e. The van der Waals surface area contributed by atoms with Crippen molar-refractivity contribution in [1.82, 2.24) is 4.98 Å². The van der Waals surface area contributed by atoms with E-state index in [2.05, 4.69) is 63.9 Å². The van der Waals surface area contributed by atoms with Crippen molar-refractivity contribution in [2.24, 2.45) is 11.3 Å². The van der Waals surface area contributed by atoms with Gasteiger partial charge in [0.15, 0.2) is 0 Å². The van der Waals surface area contributed by atoms with Crippen LogP contribution in [-0.2, 0) is 6.42 Å². The highest BCUT2D eigenvalue weighted by atomic mass is 14.7. The molecule has 0 radical (unpaired) electrons. The molecule has 1 aromatic rings. The summed E-state index contributed by atoms with van der Waals surface area (Å²) in [4.78, 5) is 4.45. The van der Waals surface area contributed by atoms with Gasteiger partial charge in [-0.2, -0.15) is 0 Å². The van der Waals surface area contributed by atoms with Gasteiger partial charge in [-0.1, -0.05) is 46.8 Å². The second-order valence-electron chi connectivity index (χ2n) is 5.93. The number of hydrogen-bond donors (Lipinski definition) is 0. The van der Waals surface area contributed by atoms with Gasteiger partial charge < -0.3 is 0 Å². The van der Waals surface area contributed by atoms with Gasteiger partial charge in [-0.15, -0.1) is 0 Å². The molecule has 1 heterocycles. The number of pyridine rings is 1. The van der Waals surface area contributed by atoms with Crippen molar-refractivity contribution in [2.75, 3.05) is 0 Å². The van der Waals surface area contributed by atoms with Gasteiger partial charge in [-0.3, -0.25) is 4.98 Å². The first-order valence-electron chi connectivity index (χ1n) is 6.00. The highest BCUT2D eigenvalue weighted by Gasteiger charge is 2.10. The summed E-state index contributed by atoms with van der Waals surface area (Å²) in [5, 5.41) is 0. The van der Waals surface area contributed by atoms with E-state index in [1.54, 1.807) is 0 Å². The summed E-state index contributed by atoms with van der Waals surface area (Å²) in [6.45, 7) is 11.1. The van der Waals surface area contributed by atoms with Crippen molar-refractivity contribution in [3.05, 3.63) is 35.7 Å². The Balaban J connectivity index is 2.68. The Bertz CT molecular complexity index is 339. The maximum absolute atomic E-state index is 4.45. The molecule has 0 saturated heterocycles. The molecule has 1 aromatic heterocycles. The Kier molecular flexibility index (Phi) is 4.28. The molecule has 0 spiro atoms. The van der Waals surface area contributed by atoms with Crippen LogP contribution in [0.5, 0.6) is 0 Å². The van der Waals surface area contributed by atoms with Crippen LogP contribution in [0.25, 0.3) is 6.08 Å². The standard InChI is InChI=1S/C15H23N/c1-12(2)6-8-14-9-7-13(11-16-14)10-15(3,4)5/h6-9,11-12H,10H2,1-5H3/b8-6+. The zero-order valence-electron chi connectivity index (χ0n) is 11.1. The van der Waals surface area contributed by atoms with E-state index in [4.69, 9.17) is 0 Å². The zero-order chi connectivity index (χ0) is 12.2. The van der Waals surface area contributed by atoms with E-state index in [-0.39, 0.29) is 0 Å². The van der Waals surface area contributed by atoms with Crippen LogP contribution in [0.2, 0.25) is 0 Å². The van der Waals surface area contributed by atoms with Crippen LogP contribution in [0.3, 0.4) is 0 Å². The molecule has 1 nitrogen and oxygen atoms in total. The van der Waals surface area contributed by atoms with Crippen molar-refractivity contribution in [3.8, 4) is 0 Å². The zero-order valence-corrected chi connectivity index (χ0v) is 11.1. The Hall–Kier alpha value is -1.11. The lowest BCUT2D eigenvalue weighted by molar-refractivity contribution is 0.410. The quantitative estimate of drug-likeness (QED) is 0.734. The highest BCUT2D eigenvalue weighted by molar-refractivity contribution is 5.44. The summed E-state index contributed by atoms with van der Waals surface area (Å²) in [5.41, 5.74) is 2.69. The van der Waals surface area contributed by atoms with E-state index in [1.807, 2.05) is 6.20 Å². The first kappa shape index (κ1) is 13.0. The van der Waals surface area contributed by atoms with Gasteiger partial charge >= 0.3 is 0 Å². The van der Waals surface area contributed by atoms with Gasteiger partial charge in [0.25, 0.3) is 0 Å². The molecule has 1 heteroatoms. The average molecular weight is 217 g/mol. The number of nitrogens with zero attached hydrogens (tertiary/aromatic N) is 1. The first-order valence-corrected chi connectivity index (χ1v) is 6.00. The molecule has 0 atom stereocenters. The lowest BCUT2D eigenvalue weighted by Gasteiger charge is -2.17. The van der Waals surface area contributed by atoms with Crippen molar-refractivity contribution in [1.29, 1.82) is 0 Å². The summed E-state index contributed by atoms with van der Waals surface area (Å²) in [5.74, 6) is 0.580. The topological polar surface area (TPSA) is 12.9 Å². The van der Waals surface area contributed by atoms with Crippen molar-refractivity contribution >= 4 is 6.08 Å². The molecule has 88 valence electrons. The minimum absolute atomic E-state index is 0.330. The summed E-state index contributed by atoms with van der Waals surface area (Å²) in [7, 11) is 0. The summed E-state index contributed by atoms with van der Waals surface area (Å²) < 4.78 is 0. The Morgan fingerprint density at radius 1 is 1.25 bits per heavy atom. The molecule has 16 heavy (non-hydrogen) atoms. The molecule has 0 amide bonds. The van der Waals surface area contributed by atoms with Gasteiger partial charge in [0.1, 0.15) is 0 Å². The summed E-state index contributed by atoms with van der Waals surface area (Å²) in [6.07, 6.45) is 7.33. The predicted octanol–water partition coefficient (Wildman–Crippen LogP) is 4.34. The van der Waals surface area contributed by atoms with Crippen LogP contribution in [0.4, 0.5) is 0 Å². The van der Waals surface area contributed by atoms with E-state index in [9.17, 15) is 0 Å². The van der Waals surface area contributed by atoms with E-state index >= 15 is 0 Å². The Morgan fingerprint density at radius 2 is 1.94 bits per heavy atom. The summed E-state index contributed by atoms with van der Waals surface area (Å²) in [6, 6.07) is 4.28. The average Bonchev–Trinajstić information content (AvgIpc) is 2.14. The lowest BCUT2D eigenvalue weighted by Crippen LogP contribution is -2.09. The maximum Gasteiger partial charge on any atom is 0.0626 e. The normalized spacial score (nSPS) is 12.6. The third kappa shape index (κ3) is 5.11. The molecular formula is C15H23N. The van der Waals surface area contributed by atoms with E-state index < -0.39 is 0 Å². The van der Waals surface area contributed by atoms with E-state index in [0.29, 0.717) is 11.3 Å². The number of aromatic nitrogens is 1. The molecule has 0 saturated carbocycles. The van der Waals surface area contributed by atoms with Gasteiger partial charge in [0.05, 0.1) is 5.69 Å². The molecular weight excluding hydrogens is 194 g/mol. The monoisotopic (exact) mass is 217 g/mol. The van der Waals surface area contributed by atoms with Crippen molar-refractivity contribution in [2.45, 2.75) is 41.0 Å². The maximum atomic E-state index is 4.45. The third-order valence-corrected chi connectivity index (χ3v) is 2.23. The fourth-order valence-corrected chi connectivity index (χ4v) is 1.54. The fraction of sp³-hybridized carbons (Fsp3) is 0.533. The van der Waals surface area contributed by atoms with Gasteiger partial charge in [0, 0.05) is 6.20 Å². The predicted molar refractivity (Wildman–Crippen MR) is 71.3 cm³/mol. The molecule has 0 aliphatic heterocycles. The third-order valence-electron chi connectivity index (χ3n) is 2.23. The van der Waals surface area contributed by atoms with Crippen LogP contribution >= 0.6 is 0 Å². The second kappa shape index (κ2) is 5.29. The van der Waals surface area contributed by atoms with Crippen LogP contribution in [0, 0.1) is 11.3 Å². The van der Waals surface area contributed by atoms with Crippen LogP contribution < -0.4 is 0 Å². The molecule has 0 aliphatic rings. The molecule has 0 N–H and O–H groups in total. The fourth-order valence-electron chi connectivity index (χ4n) is 1.54. The van der Waals surface area contributed by atoms with E-state index in [1.165, 1.54) is 5.56 Å². The van der Waals surface area contributed by atoms with Crippen LogP contribution in [0.1, 0.15) is 45.9 Å². The van der Waals surface area contributed by atoms with Crippen LogP contribution in [-0.4, -0.2) is 4.98 Å². The molecule has 0 fully saturated rings. The minimum atomic E-state index is 0.330. The Morgan fingerprint density at radius 3 is 2.38 bits per heavy atom. The molecule has 1 rings (SSSR count). The van der Waals surface area contributed by atoms with E-state index in [0.717, 1.165) is 12.1 Å². The molecule has 0 unspecified atom stereocenters. The highest BCUT2D eigenvalue weighted by Crippen LogP contribution is 2.20. The Labute approximate surface area is 99.6 Å². The largest absolute Gasteiger partial charge is 0.257 e.